The first-order valence-corrected chi connectivity index (χ1v) is 4.29. The molecule has 1 saturated carbocycles. The van der Waals surface area contributed by atoms with Crippen LogP contribution >= 0.6 is 0 Å². The van der Waals surface area contributed by atoms with E-state index in [0.29, 0.717) is 5.78 Å². The highest BCUT2D eigenvalue weighted by Crippen LogP contribution is 2.37. The lowest BCUT2D eigenvalue weighted by Crippen LogP contribution is -2.24. The molecule has 1 unspecified atom stereocenters. The van der Waals surface area contributed by atoms with Gasteiger partial charge in [0.25, 0.3) is 0 Å². The fourth-order valence-electron chi connectivity index (χ4n) is 1.89. The first-order valence-electron chi connectivity index (χ1n) is 4.29. The molecule has 1 aliphatic carbocycles. The minimum atomic E-state index is 0.233. The molecule has 1 heteroatoms. The molecule has 0 aromatic carbocycles. The number of Topliss-reactive ketones (excluding diaryl/α,β-unsaturated/α-hetero) is 1. The van der Waals surface area contributed by atoms with Crippen LogP contribution in [0.3, 0.4) is 0 Å². The van der Waals surface area contributed by atoms with Gasteiger partial charge in [0.2, 0.25) is 0 Å². The van der Waals surface area contributed by atoms with Crippen LogP contribution in [0.4, 0.5) is 0 Å². The van der Waals surface area contributed by atoms with E-state index in [-0.39, 0.29) is 5.41 Å². The van der Waals surface area contributed by atoms with E-state index in [1.165, 1.54) is 6.42 Å². The lowest BCUT2D eigenvalue weighted by molar-refractivity contribution is -0.123. The van der Waals surface area contributed by atoms with E-state index in [0.717, 1.165) is 25.7 Å². The summed E-state index contributed by atoms with van der Waals surface area (Å²) in [5.74, 6) is 0.431. The second kappa shape index (κ2) is 3.21. The van der Waals surface area contributed by atoms with Crippen molar-refractivity contribution in [2.24, 2.45) is 5.41 Å². The smallest absolute Gasteiger partial charge is 0.133 e. The number of ketones is 1. The third kappa shape index (κ3) is 2.18. The van der Waals surface area contributed by atoms with Crippen LogP contribution in [0.25, 0.3) is 0 Å². The van der Waals surface area contributed by atoms with Gasteiger partial charge in [-0.05, 0) is 24.7 Å². The Morgan fingerprint density at radius 3 is 3.00 bits per heavy atom. The van der Waals surface area contributed by atoms with Crippen LogP contribution < -0.4 is 0 Å². The summed E-state index contributed by atoms with van der Waals surface area (Å²) < 4.78 is 0. The lowest BCUT2D eigenvalue weighted by Gasteiger charge is -2.31. The van der Waals surface area contributed by atoms with Gasteiger partial charge in [-0.25, -0.2) is 0 Å². The molecule has 0 amide bonds. The van der Waals surface area contributed by atoms with Gasteiger partial charge in [-0.1, -0.05) is 13.0 Å². The number of hydrogen-bond donors (Lipinski definition) is 0. The standard InChI is InChI=1S/C10H16O/c1-3-6-10(2)7-4-5-9(11)8-10/h3H,1,4-8H2,2H3. The lowest BCUT2D eigenvalue weighted by atomic mass is 9.73. The molecule has 0 aromatic rings. The van der Waals surface area contributed by atoms with Crippen molar-refractivity contribution in [3.63, 3.8) is 0 Å². The summed E-state index contributed by atoms with van der Waals surface area (Å²) in [6, 6.07) is 0. The SMILES string of the molecule is C=CCC1(C)CCCC(=O)C1. The highest BCUT2D eigenvalue weighted by molar-refractivity contribution is 5.79. The molecule has 1 nitrogen and oxygen atoms in total. The Hall–Kier alpha value is -0.590. The van der Waals surface area contributed by atoms with Crippen molar-refractivity contribution in [3.8, 4) is 0 Å². The van der Waals surface area contributed by atoms with Gasteiger partial charge >= 0.3 is 0 Å². The van der Waals surface area contributed by atoms with E-state index in [4.69, 9.17) is 0 Å². The van der Waals surface area contributed by atoms with E-state index in [1.54, 1.807) is 0 Å². The molecule has 1 fully saturated rings. The van der Waals surface area contributed by atoms with Gasteiger partial charge in [-0.15, -0.1) is 6.58 Å². The van der Waals surface area contributed by atoms with Gasteiger partial charge in [0, 0.05) is 12.8 Å². The summed E-state index contributed by atoms with van der Waals surface area (Å²) in [4.78, 5) is 11.1. The Bertz CT molecular complexity index is 172. The van der Waals surface area contributed by atoms with Crippen molar-refractivity contribution in [3.05, 3.63) is 12.7 Å². The van der Waals surface area contributed by atoms with Gasteiger partial charge in [0.05, 0.1) is 0 Å². The predicted octanol–water partition coefficient (Wildman–Crippen LogP) is 2.71. The predicted molar refractivity (Wildman–Crippen MR) is 46.4 cm³/mol. The number of carbonyl (C=O) groups is 1. The van der Waals surface area contributed by atoms with E-state index < -0.39 is 0 Å². The maximum Gasteiger partial charge on any atom is 0.133 e. The van der Waals surface area contributed by atoms with Gasteiger partial charge in [-0.2, -0.15) is 0 Å². The molecule has 1 atom stereocenters. The fourth-order valence-corrected chi connectivity index (χ4v) is 1.89. The molecule has 11 heavy (non-hydrogen) atoms. The second-order valence-electron chi connectivity index (χ2n) is 3.87. The van der Waals surface area contributed by atoms with Crippen molar-refractivity contribution < 1.29 is 4.79 Å². The molecule has 0 aliphatic heterocycles. The maximum atomic E-state index is 11.1. The minimum Gasteiger partial charge on any atom is -0.300 e. The van der Waals surface area contributed by atoms with Gasteiger partial charge in [0.1, 0.15) is 5.78 Å². The zero-order chi connectivity index (χ0) is 8.32. The van der Waals surface area contributed by atoms with E-state index in [9.17, 15) is 4.79 Å². The Morgan fingerprint density at radius 1 is 1.73 bits per heavy atom. The molecule has 0 spiro atoms. The van der Waals surface area contributed by atoms with Gasteiger partial charge in [0.15, 0.2) is 0 Å². The van der Waals surface area contributed by atoms with E-state index >= 15 is 0 Å². The Balaban J connectivity index is 2.54. The largest absolute Gasteiger partial charge is 0.300 e. The Labute approximate surface area is 68.5 Å². The van der Waals surface area contributed by atoms with Crippen LogP contribution in [-0.4, -0.2) is 5.78 Å². The summed E-state index contributed by atoms with van der Waals surface area (Å²) in [6.07, 6.45) is 6.73. The van der Waals surface area contributed by atoms with Crippen molar-refractivity contribution in [1.29, 1.82) is 0 Å². The molecular weight excluding hydrogens is 136 g/mol. The highest BCUT2D eigenvalue weighted by atomic mass is 16.1. The van der Waals surface area contributed by atoms with Crippen LogP contribution in [0.5, 0.6) is 0 Å². The summed E-state index contributed by atoms with van der Waals surface area (Å²) in [5, 5.41) is 0. The van der Waals surface area contributed by atoms with E-state index in [1.807, 2.05) is 6.08 Å². The first kappa shape index (κ1) is 8.51. The van der Waals surface area contributed by atoms with Crippen molar-refractivity contribution in [1.82, 2.24) is 0 Å². The summed E-state index contributed by atoms with van der Waals surface area (Å²) >= 11 is 0. The van der Waals surface area contributed by atoms with Gasteiger partial charge < -0.3 is 0 Å². The number of allylic oxidation sites excluding steroid dienone is 1. The molecule has 0 saturated heterocycles. The molecule has 0 radical (unpaired) electrons. The number of hydrogen-bond acceptors (Lipinski definition) is 1. The molecule has 0 N–H and O–H groups in total. The third-order valence-electron chi connectivity index (χ3n) is 2.50. The van der Waals surface area contributed by atoms with Crippen molar-refractivity contribution in [2.75, 3.05) is 0 Å². The molecule has 0 heterocycles. The molecule has 1 aliphatic rings. The molecular formula is C10H16O. The average Bonchev–Trinajstić information content (AvgIpc) is 1.86. The Morgan fingerprint density at radius 2 is 2.45 bits per heavy atom. The highest BCUT2D eigenvalue weighted by Gasteiger charge is 2.29. The normalized spacial score (nSPS) is 31.9. The number of carbonyl (C=O) groups excluding carboxylic acids is 1. The van der Waals surface area contributed by atoms with Crippen LogP contribution in [-0.2, 0) is 4.79 Å². The van der Waals surface area contributed by atoms with Crippen LogP contribution in [0.15, 0.2) is 12.7 Å². The average molecular weight is 152 g/mol. The van der Waals surface area contributed by atoms with Crippen LogP contribution in [0.1, 0.15) is 39.0 Å². The van der Waals surface area contributed by atoms with Crippen molar-refractivity contribution in [2.45, 2.75) is 39.0 Å². The summed E-state index contributed by atoms with van der Waals surface area (Å²) in [6.45, 7) is 5.90. The zero-order valence-electron chi connectivity index (χ0n) is 7.23. The summed E-state index contributed by atoms with van der Waals surface area (Å²) in [7, 11) is 0. The minimum absolute atomic E-state index is 0.233. The molecule has 62 valence electrons. The van der Waals surface area contributed by atoms with E-state index in [2.05, 4.69) is 13.5 Å². The maximum absolute atomic E-state index is 11.1. The first-order chi connectivity index (χ1) is 5.16. The van der Waals surface area contributed by atoms with Crippen LogP contribution in [0.2, 0.25) is 0 Å². The molecule has 0 aromatic heterocycles. The third-order valence-corrected chi connectivity index (χ3v) is 2.50. The van der Waals surface area contributed by atoms with Gasteiger partial charge in [-0.3, -0.25) is 4.79 Å². The quantitative estimate of drug-likeness (QED) is 0.556. The molecule has 0 bridgehead atoms. The Kier molecular flexibility index (Phi) is 2.48. The summed E-state index contributed by atoms with van der Waals surface area (Å²) in [5.41, 5.74) is 0.233. The fraction of sp³-hybridized carbons (Fsp3) is 0.700. The zero-order valence-corrected chi connectivity index (χ0v) is 7.23. The second-order valence-corrected chi connectivity index (χ2v) is 3.87. The van der Waals surface area contributed by atoms with Crippen LogP contribution in [0, 0.1) is 5.41 Å². The monoisotopic (exact) mass is 152 g/mol. The van der Waals surface area contributed by atoms with Crippen molar-refractivity contribution >= 4 is 5.78 Å². The number of rotatable bonds is 2. The molecule has 1 rings (SSSR count). The topological polar surface area (TPSA) is 17.1 Å².